The van der Waals surface area contributed by atoms with Crippen molar-refractivity contribution in [1.29, 1.82) is 0 Å². The Bertz CT molecular complexity index is 1030. The summed E-state index contributed by atoms with van der Waals surface area (Å²) < 4.78 is 43.9. The van der Waals surface area contributed by atoms with Crippen molar-refractivity contribution in [2.75, 3.05) is 23.0 Å². The molecule has 146 valence electrons. The van der Waals surface area contributed by atoms with Gasteiger partial charge in [-0.3, -0.25) is 4.79 Å². The first kappa shape index (κ1) is 18.9. The van der Waals surface area contributed by atoms with Gasteiger partial charge in [0, 0.05) is 5.25 Å². The number of ether oxygens (including phenoxy) is 1. The van der Waals surface area contributed by atoms with Gasteiger partial charge >= 0.3 is 0 Å². The van der Waals surface area contributed by atoms with Crippen molar-refractivity contribution in [3.8, 4) is 5.75 Å². The van der Waals surface area contributed by atoms with E-state index >= 15 is 0 Å². The molecule has 2 heterocycles. The Balaban J connectivity index is 1.59. The molecule has 2 saturated heterocycles. The number of benzene rings is 2. The van der Waals surface area contributed by atoms with E-state index in [4.69, 9.17) is 4.74 Å². The first-order chi connectivity index (χ1) is 13.4. The van der Waals surface area contributed by atoms with Crippen LogP contribution < -0.4 is 9.64 Å². The summed E-state index contributed by atoms with van der Waals surface area (Å²) in [5.74, 6) is -0.568. The van der Waals surface area contributed by atoms with E-state index in [0.29, 0.717) is 10.9 Å². The number of rotatable bonds is 4. The lowest BCUT2D eigenvalue weighted by molar-refractivity contribution is -0.119. The lowest BCUT2D eigenvalue weighted by atomic mass is 10.2. The van der Waals surface area contributed by atoms with Crippen molar-refractivity contribution in [2.24, 2.45) is 4.99 Å². The number of anilines is 1. The zero-order valence-electron chi connectivity index (χ0n) is 14.7. The number of para-hydroxylation sites is 2. The predicted molar refractivity (Wildman–Crippen MR) is 107 cm³/mol. The zero-order valence-corrected chi connectivity index (χ0v) is 16.3. The lowest BCUT2D eigenvalue weighted by Gasteiger charge is -2.24. The van der Waals surface area contributed by atoms with Gasteiger partial charge in [-0.1, -0.05) is 42.1 Å². The minimum atomic E-state index is -3.21. The van der Waals surface area contributed by atoms with Gasteiger partial charge in [-0.2, -0.15) is 4.99 Å². The second-order valence-corrected chi connectivity index (χ2v) is 9.87. The molecule has 0 aromatic heterocycles. The summed E-state index contributed by atoms with van der Waals surface area (Å²) in [6, 6.07) is 14.5. The van der Waals surface area contributed by atoms with Gasteiger partial charge in [-0.05, 0) is 24.3 Å². The molecule has 0 unspecified atom stereocenters. The van der Waals surface area contributed by atoms with Crippen LogP contribution in [0.25, 0.3) is 0 Å². The molecule has 0 radical (unpaired) electrons. The number of carbonyl (C=O) groups is 1. The van der Waals surface area contributed by atoms with Crippen LogP contribution in [0.15, 0.2) is 59.6 Å². The Labute approximate surface area is 166 Å². The van der Waals surface area contributed by atoms with Crippen LogP contribution in [0.1, 0.15) is 0 Å². The summed E-state index contributed by atoms with van der Waals surface area (Å²) in [5.41, 5.74) is 0.218. The quantitative estimate of drug-likeness (QED) is 0.757. The van der Waals surface area contributed by atoms with Crippen LogP contribution in [0.3, 0.4) is 0 Å². The van der Waals surface area contributed by atoms with Crippen molar-refractivity contribution >= 4 is 38.4 Å². The van der Waals surface area contributed by atoms with E-state index in [1.54, 1.807) is 42.5 Å². The molecule has 6 nitrogen and oxygen atoms in total. The van der Waals surface area contributed by atoms with Crippen LogP contribution in [0.4, 0.5) is 10.1 Å². The van der Waals surface area contributed by atoms with E-state index in [2.05, 4.69) is 4.99 Å². The number of aliphatic imine (C=N–C) groups is 1. The normalized spacial score (nSPS) is 24.3. The summed E-state index contributed by atoms with van der Waals surface area (Å²) in [6.07, 6.45) is 0. The molecule has 28 heavy (non-hydrogen) atoms. The standard InChI is InChI=1S/C19H17FN2O4S2/c20-14-8-4-5-9-15(14)22-16-11-28(24,25)12-17(16)27-19(22)21-18(23)10-26-13-6-2-1-3-7-13/h1-9,16-17H,10-12H2/t16-,17-/m0/s1. The summed E-state index contributed by atoms with van der Waals surface area (Å²) in [5, 5.41) is 0.0165. The van der Waals surface area contributed by atoms with E-state index in [-0.39, 0.29) is 29.0 Å². The van der Waals surface area contributed by atoms with Crippen LogP contribution in [0.5, 0.6) is 5.75 Å². The molecule has 0 saturated carbocycles. The van der Waals surface area contributed by atoms with Gasteiger partial charge in [-0.15, -0.1) is 0 Å². The Kier molecular flexibility index (Phi) is 5.11. The zero-order chi connectivity index (χ0) is 19.7. The highest BCUT2D eigenvalue weighted by Gasteiger charge is 2.49. The van der Waals surface area contributed by atoms with E-state index in [0.717, 1.165) is 0 Å². The SMILES string of the molecule is O=C(COc1ccccc1)N=C1S[C@H]2CS(=O)(=O)C[C@@H]2N1c1ccccc1F. The molecular formula is C19H17FN2O4S2. The fraction of sp³-hybridized carbons (Fsp3) is 0.263. The maximum atomic E-state index is 14.4. The Hall–Kier alpha value is -2.39. The highest BCUT2D eigenvalue weighted by atomic mass is 32.2. The first-order valence-electron chi connectivity index (χ1n) is 8.63. The van der Waals surface area contributed by atoms with Gasteiger partial charge in [-0.25, -0.2) is 12.8 Å². The molecule has 2 aliphatic heterocycles. The number of carbonyl (C=O) groups excluding carboxylic acids is 1. The number of amides is 1. The number of nitrogens with zero attached hydrogens (tertiary/aromatic N) is 2. The topological polar surface area (TPSA) is 76.0 Å². The molecule has 0 N–H and O–H groups in total. The van der Waals surface area contributed by atoms with E-state index in [1.807, 2.05) is 6.07 Å². The Morgan fingerprint density at radius 1 is 1.14 bits per heavy atom. The monoisotopic (exact) mass is 420 g/mol. The second kappa shape index (κ2) is 7.56. The summed E-state index contributed by atoms with van der Waals surface area (Å²) in [7, 11) is -3.21. The average molecular weight is 420 g/mol. The predicted octanol–water partition coefficient (Wildman–Crippen LogP) is 2.51. The van der Waals surface area contributed by atoms with Crippen molar-refractivity contribution in [3.05, 3.63) is 60.4 Å². The third-order valence-corrected chi connectivity index (χ3v) is 7.71. The fourth-order valence-corrected chi connectivity index (χ4v) is 7.22. The second-order valence-electron chi connectivity index (χ2n) is 6.51. The fourth-order valence-electron chi connectivity index (χ4n) is 3.29. The van der Waals surface area contributed by atoms with E-state index in [1.165, 1.54) is 22.7 Å². The number of halogens is 1. The van der Waals surface area contributed by atoms with Crippen molar-refractivity contribution in [3.63, 3.8) is 0 Å². The van der Waals surface area contributed by atoms with E-state index in [9.17, 15) is 17.6 Å². The smallest absolute Gasteiger partial charge is 0.285 e. The van der Waals surface area contributed by atoms with Crippen LogP contribution in [0, 0.1) is 5.82 Å². The third-order valence-electron chi connectivity index (χ3n) is 4.50. The van der Waals surface area contributed by atoms with Crippen LogP contribution in [-0.2, 0) is 14.6 Å². The molecule has 2 aliphatic rings. The number of sulfone groups is 1. The van der Waals surface area contributed by atoms with Crippen molar-refractivity contribution in [1.82, 2.24) is 0 Å². The van der Waals surface area contributed by atoms with Crippen molar-refractivity contribution < 1.29 is 22.3 Å². The molecule has 1 amide bonds. The highest BCUT2D eigenvalue weighted by Crippen LogP contribution is 2.41. The van der Waals surface area contributed by atoms with Gasteiger partial charge in [0.25, 0.3) is 5.91 Å². The molecule has 2 atom stereocenters. The van der Waals surface area contributed by atoms with Crippen molar-refractivity contribution in [2.45, 2.75) is 11.3 Å². The number of fused-ring (bicyclic) bond motifs is 1. The van der Waals surface area contributed by atoms with Crippen LogP contribution in [-0.4, -0.2) is 48.9 Å². The Morgan fingerprint density at radius 3 is 2.61 bits per heavy atom. The maximum absolute atomic E-state index is 14.4. The lowest BCUT2D eigenvalue weighted by Crippen LogP contribution is -2.38. The molecule has 9 heteroatoms. The minimum Gasteiger partial charge on any atom is -0.484 e. The van der Waals surface area contributed by atoms with Gasteiger partial charge in [0.1, 0.15) is 11.6 Å². The van der Waals surface area contributed by atoms with Crippen LogP contribution >= 0.6 is 11.8 Å². The number of thioether (sulfide) groups is 1. The molecule has 2 aromatic rings. The van der Waals surface area contributed by atoms with Crippen LogP contribution in [0.2, 0.25) is 0 Å². The minimum absolute atomic E-state index is 0.0129. The summed E-state index contributed by atoms with van der Waals surface area (Å²) in [4.78, 5) is 18.0. The highest BCUT2D eigenvalue weighted by molar-refractivity contribution is 8.16. The first-order valence-corrected chi connectivity index (χ1v) is 11.3. The maximum Gasteiger partial charge on any atom is 0.285 e. The molecule has 0 aliphatic carbocycles. The number of hydrogen-bond acceptors (Lipinski definition) is 5. The Morgan fingerprint density at radius 2 is 1.86 bits per heavy atom. The summed E-state index contributed by atoms with van der Waals surface area (Å²) >= 11 is 1.20. The van der Waals surface area contributed by atoms with E-state index < -0.39 is 27.6 Å². The number of amidine groups is 1. The van der Waals surface area contributed by atoms with Gasteiger partial charge in [0.2, 0.25) is 0 Å². The van der Waals surface area contributed by atoms with Gasteiger partial charge in [0.05, 0.1) is 23.2 Å². The molecule has 4 rings (SSSR count). The van der Waals surface area contributed by atoms with Gasteiger partial charge < -0.3 is 9.64 Å². The molecule has 0 bridgehead atoms. The third kappa shape index (κ3) is 3.90. The molecule has 0 spiro atoms. The number of hydrogen-bond donors (Lipinski definition) is 0. The summed E-state index contributed by atoms with van der Waals surface area (Å²) in [6.45, 7) is -0.257. The molecular weight excluding hydrogens is 403 g/mol. The van der Waals surface area contributed by atoms with Gasteiger partial charge in [0.15, 0.2) is 21.6 Å². The molecule has 2 aromatic carbocycles. The molecule has 2 fully saturated rings. The average Bonchev–Trinajstić information content (AvgIpc) is 3.12. The largest absolute Gasteiger partial charge is 0.484 e.